The van der Waals surface area contributed by atoms with Crippen LogP contribution in [0.5, 0.6) is 0 Å². The molecule has 0 saturated carbocycles. The van der Waals surface area contributed by atoms with Gasteiger partial charge in [0.15, 0.2) is 0 Å². The molecule has 4 heteroatoms. The van der Waals surface area contributed by atoms with Gasteiger partial charge in [0.05, 0.1) is 0 Å². The van der Waals surface area contributed by atoms with Crippen LogP contribution in [-0.2, 0) is 0 Å². The number of nitrogens with one attached hydrogen (secondary N) is 1. The molecule has 0 amide bonds. The van der Waals surface area contributed by atoms with E-state index in [0.717, 1.165) is 17.4 Å². The predicted octanol–water partition coefficient (Wildman–Crippen LogP) is 1.98. The molecule has 0 aromatic heterocycles. The summed E-state index contributed by atoms with van der Waals surface area (Å²) < 4.78 is 15.9. The minimum Gasteiger partial charge on any atom is -0.306 e. The number of rotatable bonds is 4. The monoisotopic (exact) mass is 226 g/mol. The summed E-state index contributed by atoms with van der Waals surface area (Å²) in [5.41, 5.74) is 0. The lowest BCUT2D eigenvalue weighted by Gasteiger charge is -2.36. The standard InChI is InChI=1S/C11H15FN2S/c1-14-7-9(8-14)6-13-15-11-4-2-10(12)3-5-11/h2-5,9,13H,6-8H2,1H3. The molecule has 0 unspecified atom stereocenters. The number of likely N-dealkylation sites (tertiary alicyclic amines) is 1. The molecule has 2 nitrogen and oxygen atoms in total. The molecule has 1 aliphatic rings. The van der Waals surface area contributed by atoms with Crippen molar-refractivity contribution < 1.29 is 4.39 Å². The SMILES string of the molecule is CN1CC(CNSc2ccc(F)cc2)C1. The van der Waals surface area contributed by atoms with Crippen LogP contribution in [0.3, 0.4) is 0 Å². The van der Waals surface area contributed by atoms with Crippen molar-refractivity contribution in [3.63, 3.8) is 0 Å². The van der Waals surface area contributed by atoms with Crippen LogP contribution < -0.4 is 4.72 Å². The van der Waals surface area contributed by atoms with Crippen LogP contribution in [0.4, 0.5) is 4.39 Å². The Labute approximate surface area is 94.0 Å². The fraction of sp³-hybridized carbons (Fsp3) is 0.455. The fourth-order valence-corrected chi connectivity index (χ4v) is 2.46. The van der Waals surface area contributed by atoms with E-state index in [0.29, 0.717) is 0 Å². The van der Waals surface area contributed by atoms with Crippen molar-refractivity contribution in [3.8, 4) is 0 Å². The molecule has 1 aromatic rings. The van der Waals surface area contributed by atoms with Gasteiger partial charge in [-0.25, -0.2) is 4.39 Å². The van der Waals surface area contributed by atoms with E-state index in [4.69, 9.17) is 0 Å². The van der Waals surface area contributed by atoms with Crippen molar-refractivity contribution >= 4 is 11.9 Å². The van der Waals surface area contributed by atoms with Gasteiger partial charge in [-0.15, -0.1) is 0 Å². The first-order chi connectivity index (χ1) is 7.24. The molecule has 1 N–H and O–H groups in total. The van der Waals surface area contributed by atoms with Gasteiger partial charge in [0.1, 0.15) is 5.82 Å². The number of hydrogen-bond acceptors (Lipinski definition) is 3. The zero-order chi connectivity index (χ0) is 10.7. The van der Waals surface area contributed by atoms with Crippen LogP contribution in [0.25, 0.3) is 0 Å². The molecule has 1 aromatic carbocycles. The molecule has 1 aliphatic heterocycles. The first kappa shape index (κ1) is 10.9. The molecular formula is C11H15FN2S. The summed E-state index contributed by atoms with van der Waals surface area (Å²) in [6, 6.07) is 6.56. The number of hydrogen-bond donors (Lipinski definition) is 1. The normalized spacial score (nSPS) is 17.7. The lowest BCUT2D eigenvalue weighted by molar-refractivity contribution is 0.138. The molecule has 0 spiro atoms. The second kappa shape index (κ2) is 4.96. The molecular weight excluding hydrogens is 211 g/mol. The molecule has 2 rings (SSSR count). The molecule has 1 fully saturated rings. The van der Waals surface area contributed by atoms with Gasteiger partial charge in [-0.3, -0.25) is 4.72 Å². The van der Waals surface area contributed by atoms with Gasteiger partial charge in [0.25, 0.3) is 0 Å². The van der Waals surface area contributed by atoms with Gasteiger partial charge in [-0.2, -0.15) is 0 Å². The molecule has 0 radical (unpaired) electrons. The fourth-order valence-electron chi connectivity index (χ4n) is 1.70. The lowest BCUT2D eigenvalue weighted by atomic mass is 10.0. The molecule has 0 bridgehead atoms. The zero-order valence-corrected chi connectivity index (χ0v) is 9.56. The maximum atomic E-state index is 12.6. The van der Waals surface area contributed by atoms with Crippen molar-refractivity contribution in [2.75, 3.05) is 26.7 Å². The highest BCUT2D eigenvalue weighted by atomic mass is 32.2. The third-order valence-electron chi connectivity index (χ3n) is 2.52. The quantitative estimate of drug-likeness (QED) is 0.790. The molecule has 82 valence electrons. The minimum atomic E-state index is -0.181. The number of nitrogens with zero attached hydrogens (tertiary/aromatic N) is 1. The summed E-state index contributed by atoms with van der Waals surface area (Å²) in [6.07, 6.45) is 0. The van der Waals surface area contributed by atoms with Crippen molar-refractivity contribution in [2.24, 2.45) is 5.92 Å². The minimum absolute atomic E-state index is 0.181. The molecule has 1 heterocycles. The topological polar surface area (TPSA) is 15.3 Å². The summed E-state index contributed by atoms with van der Waals surface area (Å²) >= 11 is 1.57. The Morgan fingerprint density at radius 3 is 2.67 bits per heavy atom. The van der Waals surface area contributed by atoms with E-state index in [-0.39, 0.29) is 5.82 Å². The Hall–Kier alpha value is -0.580. The highest BCUT2D eigenvalue weighted by Crippen LogP contribution is 2.17. The Morgan fingerprint density at radius 1 is 1.40 bits per heavy atom. The van der Waals surface area contributed by atoms with Crippen molar-refractivity contribution in [3.05, 3.63) is 30.1 Å². The van der Waals surface area contributed by atoms with E-state index < -0.39 is 0 Å². The van der Waals surface area contributed by atoms with Crippen molar-refractivity contribution in [1.29, 1.82) is 0 Å². The first-order valence-electron chi connectivity index (χ1n) is 5.08. The van der Waals surface area contributed by atoms with E-state index in [1.54, 1.807) is 24.1 Å². The van der Waals surface area contributed by atoms with E-state index in [2.05, 4.69) is 16.7 Å². The molecule has 15 heavy (non-hydrogen) atoms. The Kier molecular flexibility index (Phi) is 3.61. The van der Waals surface area contributed by atoms with Gasteiger partial charge < -0.3 is 4.90 Å². The lowest BCUT2D eigenvalue weighted by Crippen LogP contribution is -2.47. The van der Waals surface area contributed by atoms with Crippen LogP contribution in [-0.4, -0.2) is 31.6 Å². The molecule has 0 aliphatic carbocycles. The van der Waals surface area contributed by atoms with Crippen LogP contribution in [0.15, 0.2) is 29.2 Å². The number of benzene rings is 1. The largest absolute Gasteiger partial charge is 0.306 e. The average molecular weight is 226 g/mol. The van der Waals surface area contributed by atoms with Gasteiger partial charge >= 0.3 is 0 Å². The van der Waals surface area contributed by atoms with Crippen LogP contribution >= 0.6 is 11.9 Å². The van der Waals surface area contributed by atoms with E-state index in [9.17, 15) is 4.39 Å². The molecule has 1 saturated heterocycles. The molecule has 0 atom stereocenters. The van der Waals surface area contributed by atoms with Crippen LogP contribution in [0, 0.1) is 11.7 Å². The first-order valence-corrected chi connectivity index (χ1v) is 5.89. The summed E-state index contributed by atoms with van der Waals surface area (Å²) in [7, 11) is 2.13. The Balaban J connectivity index is 1.67. The zero-order valence-electron chi connectivity index (χ0n) is 8.74. The van der Waals surface area contributed by atoms with E-state index in [1.165, 1.54) is 25.2 Å². The summed E-state index contributed by atoms with van der Waals surface area (Å²) in [4.78, 5) is 3.36. The maximum absolute atomic E-state index is 12.6. The summed E-state index contributed by atoms with van der Waals surface area (Å²) in [6.45, 7) is 3.38. The highest BCUT2D eigenvalue weighted by molar-refractivity contribution is 7.97. The Bertz CT molecular complexity index is 309. The van der Waals surface area contributed by atoms with E-state index >= 15 is 0 Å². The van der Waals surface area contributed by atoms with Gasteiger partial charge in [0.2, 0.25) is 0 Å². The second-order valence-electron chi connectivity index (χ2n) is 3.99. The third kappa shape index (κ3) is 3.19. The average Bonchev–Trinajstić information content (AvgIpc) is 2.18. The maximum Gasteiger partial charge on any atom is 0.123 e. The third-order valence-corrected chi connectivity index (χ3v) is 3.33. The summed E-state index contributed by atoms with van der Waals surface area (Å²) in [5, 5.41) is 0. The number of halogens is 1. The van der Waals surface area contributed by atoms with E-state index in [1.807, 2.05) is 0 Å². The van der Waals surface area contributed by atoms with Crippen molar-refractivity contribution in [2.45, 2.75) is 4.90 Å². The van der Waals surface area contributed by atoms with Crippen LogP contribution in [0.2, 0.25) is 0 Å². The smallest absolute Gasteiger partial charge is 0.123 e. The predicted molar refractivity (Wildman–Crippen MR) is 61.2 cm³/mol. The summed E-state index contributed by atoms with van der Waals surface area (Å²) in [5.74, 6) is 0.586. The van der Waals surface area contributed by atoms with Gasteiger partial charge in [0, 0.05) is 24.5 Å². The van der Waals surface area contributed by atoms with Crippen molar-refractivity contribution in [1.82, 2.24) is 9.62 Å². The van der Waals surface area contributed by atoms with Crippen LogP contribution in [0.1, 0.15) is 0 Å². The van der Waals surface area contributed by atoms with Gasteiger partial charge in [-0.1, -0.05) is 0 Å². The van der Waals surface area contributed by atoms with Gasteiger partial charge in [-0.05, 0) is 49.2 Å². The highest BCUT2D eigenvalue weighted by Gasteiger charge is 2.22. The Morgan fingerprint density at radius 2 is 2.07 bits per heavy atom. The second-order valence-corrected chi connectivity index (χ2v) is 4.96.